The summed E-state index contributed by atoms with van der Waals surface area (Å²) in [5.41, 5.74) is 0.456. The predicted octanol–water partition coefficient (Wildman–Crippen LogP) is 3.99. The summed E-state index contributed by atoms with van der Waals surface area (Å²) in [5.74, 6) is -0.913. The largest absolute Gasteiger partial charge is 0.481 e. The Morgan fingerprint density at radius 1 is 1.11 bits per heavy atom. The minimum absolute atomic E-state index is 0.121. The highest BCUT2D eigenvalue weighted by atomic mass is 16.4. The van der Waals surface area contributed by atoms with Gasteiger partial charge >= 0.3 is 5.97 Å². The van der Waals surface area contributed by atoms with Crippen molar-refractivity contribution >= 4 is 5.97 Å². The van der Waals surface area contributed by atoms with E-state index in [1.165, 1.54) is 32.1 Å². The van der Waals surface area contributed by atoms with Gasteiger partial charge < -0.3 is 10.2 Å². The average Bonchev–Trinajstić information content (AvgIpc) is 2.21. The van der Waals surface area contributed by atoms with E-state index < -0.39 is 12.1 Å². The Bertz CT molecular complexity index is 224. The first-order valence-electron chi connectivity index (χ1n) is 7.27. The molecule has 0 rings (SSSR count). The van der Waals surface area contributed by atoms with E-state index >= 15 is 0 Å². The van der Waals surface area contributed by atoms with Gasteiger partial charge in [0.1, 0.15) is 0 Å². The van der Waals surface area contributed by atoms with Crippen LogP contribution in [0.15, 0.2) is 0 Å². The Balaban J connectivity index is 3.43. The smallest absolute Gasteiger partial charge is 0.305 e. The summed E-state index contributed by atoms with van der Waals surface area (Å²) in [6.07, 6.45) is 8.07. The van der Waals surface area contributed by atoms with Gasteiger partial charge in [-0.1, -0.05) is 52.9 Å². The molecule has 0 aromatic carbocycles. The van der Waals surface area contributed by atoms with Crippen LogP contribution in [0.5, 0.6) is 0 Å². The Morgan fingerprint density at radius 3 is 2.28 bits per heavy atom. The molecule has 0 bridgehead atoms. The van der Waals surface area contributed by atoms with Crippen LogP contribution >= 0.6 is 0 Å². The molecule has 0 amide bonds. The van der Waals surface area contributed by atoms with Crippen molar-refractivity contribution in [2.45, 2.75) is 84.7 Å². The molecule has 0 spiro atoms. The van der Waals surface area contributed by atoms with Gasteiger partial charge in [-0.3, -0.25) is 4.79 Å². The zero-order valence-corrected chi connectivity index (χ0v) is 12.2. The number of carbonyl (C=O) groups is 1. The van der Waals surface area contributed by atoms with Crippen molar-refractivity contribution in [1.82, 2.24) is 0 Å². The van der Waals surface area contributed by atoms with Crippen LogP contribution in [0.3, 0.4) is 0 Å². The third-order valence-corrected chi connectivity index (χ3v) is 3.48. The Kier molecular flexibility index (Phi) is 9.08. The van der Waals surface area contributed by atoms with Crippen LogP contribution in [-0.2, 0) is 4.79 Å². The number of carboxylic acid groups (broad SMARTS) is 1. The Labute approximate surface area is 112 Å². The Morgan fingerprint density at radius 2 is 1.72 bits per heavy atom. The van der Waals surface area contributed by atoms with Crippen molar-refractivity contribution in [3.05, 3.63) is 0 Å². The monoisotopic (exact) mass is 258 g/mol. The molecular formula is C15H30O3. The molecule has 0 aliphatic carbocycles. The molecule has 0 radical (unpaired) electrons. The van der Waals surface area contributed by atoms with Crippen LogP contribution in [0.25, 0.3) is 0 Å². The topological polar surface area (TPSA) is 57.5 Å². The molecule has 1 atom stereocenters. The Hall–Kier alpha value is -0.570. The van der Waals surface area contributed by atoms with Crippen LogP contribution in [0.4, 0.5) is 0 Å². The molecule has 0 saturated heterocycles. The van der Waals surface area contributed by atoms with Crippen LogP contribution in [0.2, 0.25) is 0 Å². The SMILES string of the molecule is CCCC(C)(C)CCCCCCC(O)CC(=O)O. The highest BCUT2D eigenvalue weighted by Gasteiger charge is 2.15. The number of unbranched alkanes of at least 4 members (excludes halogenated alkanes) is 3. The van der Waals surface area contributed by atoms with Gasteiger partial charge in [0.25, 0.3) is 0 Å². The number of aliphatic hydroxyl groups excluding tert-OH is 1. The van der Waals surface area contributed by atoms with Gasteiger partial charge in [0, 0.05) is 0 Å². The molecule has 2 N–H and O–H groups in total. The molecule has 0 fully saturated rings. The minimum atomic E-state index is -0.913. The molecule has 18 heavy (non-hydrogen) atoms. The fourth-order valence-corrected chi connectivity index (χ4v) is 2.44. The summed E-state index contributed by atoms with van der Waals surface area (Å²) in [6.45, 7) is 6.88. The fraction of sp³-hybridized carbons (Fsp3) is 0.933. The van der Waals surface area contributed by atoms with Crippen LogP contribution in [0, 0.1) is 5.41 Å². The maximum absolute atomic E-state index is 10.4. The van der Waals surface area contributed by atoms with Crippen LogP contribution < -0.4 is 0 Å². The molecule has 0 saturated carbocycles. The van der Waals surface area contributed by atoms with Crippen molar-refractivity contribution in [3.63, 3.8) is 0 Å². The number of carboxylic acids is 1. The summed E-state index contributed by atoms with van der Waals surface area (Å²) >= 11 is 0. The van der Waals surface area contributed by atoms with Crippen molar-refractivity contribution in [2.75, 3.05) is 0 Å². The number of aliphatic hydroxyl groups is 1. The van der Waals surface area contributed by atoms with Gasteiger partial charge in [0.05, 0.1) is 12.5 Å². The first-order valence-corrected chi connectivity index (χ1v) is 7.27. The molecular weight excluding hydrogens is 228 g/mol. The fourth-order valence-electron chi connectivity index (χ4n) is 2.44. The van der Waals surface area contributed by atoms with E-state index in [0.717, 1.165) is 12.8 Å². The number of hydrogen-bond donors (Lipinski definition) is 2. The summed E-state index contributed by atoms with van der Waals surface area (Å²) in [5, 5.41) is 17.9. The van der Waals surface area contributed by atoms with Crippen molar-refractivity contribution in [2.24, 2.45) is 5.41 Å². The molecule has 3 nitrogen and oxygen atoms in total. The number of aliphatic carboxylic acids is 1. The molecule has 108 valence electrons. The molecule has 1 unspecified atom stereocenters. The normalized spacial score (nSPS) is 13.6. The first kappa shape index (κ1) is 17.4. The lowest BCUT2D eigenvalue weighted by Gasteiger charge is -2.23. The minimum Gasteiger partial charge on any atom is -0.481 e. The predicted molar refractivity (Wildman–Crippen MR) is 74.7 cm³/mol. The van der Waals surface area contributed by atoms with Crippen molar-refractivity contribution in [3.8, 4) is 0 Å². The highest BCUT2D eigenvalue weighted by Crippen LogP contribution is 2.29. The maximum Gasteiger partial charge on any atom is 0.305 e. The average molecular weight is 258 g/mol. The van der Waals surface area contributed by atoms with E-state index in [1.54, 1.807) is 0 Å². The molecule has 0 aliphatic rings. The molecule has 0 heterocycles. The second-order valence-electron chi connectivity index (χ2n) is 6.12. The van der Waals surface area contributed by atoms with Crippen molar-refractivity contribution in [1.29, 1.82) is 0 Å². The summed E-state index contributed by atoms with van der Waals surface area (Å²) < 4.78 is 0. The van der Waals surface area contributed by atoms with Gasteiger partial charge in [0.15, 0.2) is 0 Å². The van der Waals surface area contributed by atoms with Gasteiger partial charge in [-0.2, -0.15) is 0 Å². The third-order valence-electron chi connectivity index (χ3n) is 3.48. The van der Waals surface area contributed by atoms with Crippen LogP contribution in [-0.4, -0.2) is 22.3 Å². The summed E-state index contributed by atoms with van der Waals surface area (Å²) in [4.78, 5) is 10.4. The van der Waals surface area contributed by atoms with E-state index in [2.05, 4.69) is 20.8 Å². The van der Waals surface area contributed by atoms with Gasteiger partial charge in [0.2, 0.25) is 0 Å². The van der Waals surface area contributed by atoms with Crippen LogP contribution in [0.1, 0.15) is 78.6 Å². The lowest BCUT2D eigenvalue weighted by molar-refractivity contribution is -0.139. The highest BCUT2D eigenvalue weighted by molar-refractivity contribution is 5.67. The standard InChI is InChI=1S/C15H30O3/c1-4-10-15(2,3)11-8-6-5-7-9-13(16)12-14(17)18/h13,16H,4-12H2,1-3H3,(H,17,18). The van der Waals surface area contributed by atoms with E-state index in [1.807, 2.05) is 0 Å². The van der Waals surface area contributed by atoms with Gasteiger partial charge in [-0.25, -0.2) is 0 Å². The third kappa shape index (κ3) is 10.6. The van der Waals surface area contributed by atoms with Gasteiger partial charge in [-0.15, -0.1) is 0 Å². The second kappa shape index (κ2) is 9.37. The lowest BCUT2D eigenvalue weighted by Crippen LogP contribution is -2.12. The zero-order chi connectivity index (χ0) is 14.0. The number of rotatable bonds is 11. The van der Waals surface area contributed by atoms with Crippen molar-refractivity contribution < 1.29 is 15.0 Å². The molecule has 0 aromatic heterocycles. The summed E-state index contributed by atoms with van der Waals surface area (Å²) in [6, 6.07) is 0. The second-order valence-corrected chi connectivity index (χ2v) is 6.12. The quantitative estimate of drug-likeness (QED) is 0.551. The number of hydrogen-bond acceptors (Lipinski definition) is 2. The molecule has 0 aromatic rings. The zero-order valence-electron chi connectivity index (χ0n) is 12.2. The molecule has 0 aliphatic heterocycles. The van der Waals surface area contributed by atoms with Gasteiger partial charge in [-0.05, 0) is 24.7 Å². The van der Waals surface area contributed by atoms with E-state index in [4.69, 9.17) is 5.11 Å². The van der Waals surface area contributed by atoms with E-state index in [-0.39, 0.29) is 6.42 Å². The van der Waals surface area contributed by atoms with E-state index in [0.29, 0.717) is 11.8 Å². The summed E-state index contributed by atoms with van der Waals surface area (Å²) in [7, 11) is 0. The van der Waals surface area contributed by atoms with E-state index in [9.17, 15) is 9.90 Å². The lowest BCUT2D eigenvalue weighted by atomic mass is 9.83. The first-order chi connectivity index (χ1) is 8.37. The maximum atomic E-state index is 10.4. The molecule has 3 heteroatoms.